The first kappa shape index (κ1) is 20.7. The van der Waals surface area contributed by atoms with Crippen molar-refractivity contribution in [3.8, 4) is 0 Å². The van der Waals surface area contributed by atoms with E-state index in [2.05, 4.69) is 0 Å². The van der Waals surface area contributed by atoms with Crippen LogP contribution >= 0.6 is 0 Å². The van der Waals surface area contributed by atoms with Gasteiger partial charge >= 0.3 is 6.09 Å². The standard InChI is InChI=1S/C18H27NO6S/c1-18(2,3)24-17(20)19-11-16(25-26(4,21)22)10-15(19)13-23-12-14-8-6-5-7-9-14/h5-9,15-16H,10-13H2,1-4H3/t15?,16-/m1/s1. The SMILES string of the molecule is CC(C)(C)OC(=O)N1C[C@H](OS(C)(=O)=O)CC1COCc1ccccc1. The number of nitrogens with zero attached hydrogens (tertiary/aromatic N) is 1. The number of ether oxygens (including phenoxy) is 2. The Hall–Kier alpha value is -1.64. The Morgan fingerprint density at radius 3 is 2.46 bits per heavy atom. The van der Waals surface area contributed by atoms with Gasteiger partial charge in [0.15, 0.2) is 0 Å². The minimum atomic E-state index is -3.60. The summed E-state index contributed by atoms with van der Waals surface area (Å²) in [4.78, 5) is 14.0. The van der Waals surface area contributed by atoms with Gasteiger partial charge in [0.1, 0.15) is 5.60 Å². The number of hydrogen-bond acceptors (Lipinski definition) is 6. The normalized spacial score (nSPS) is 21.0. The first-order chi connectivity index (χ1) is 12.0. The van der Waals surface area contributed by atoms with Crippen LogP contribution in [0.25, 0.3) is 0 Å². The molecule has 1 aliphatic heterocycles. The predicted octanol–water partition coefficient (Wildman–Crippen LogP) is 2.56. The molecule has 0 bridgehead atoms. The van der Waals surface area contributed by atoms with Crippen LogP contribution in [-0.4, -0.2) is 56.6 Å². The summed E-state index contributed by atoms with van der Waals surface area (Å²) in [6.07, 6.45) is 0.291. The minimum Gasteiger partial charge on any atom is -0.444 e. The van der Waals surface area contributed by atoms with Crippen molar-refractivity contribution in [2.45, 2.75) is 51.5 Å². The van der Waals surface area contributed by atoms with Gasteiger partial charge in [0.05, 0.1) is 38.2 Å². The van der Waals surface area contributed by atoms with Gasteiger partial charge in [-0.1, -0.05) is 30.3 Å². The minimum absolute atomic E-state index is 0.154. The average Bonchev–Trinajstić information content (AvgIpc) is 2.87. The van der Waals surface area contributed by atoms with E-state index >= 15 is 0 Å². The molecule has 0 N–H and O–H groups in total. The van der Waals surface area contributed by atoms with Crippen LogP contribution in [0, 0.1) is 0 Å². The Bertz CT molecular complexity index is 698. The predicted molar refractivity (Wildman–Crippen MR) is 97.2 cm³/mol. The van der Waals surface area contributed by atoms with Crippen LogP contribution in [0.4, 0.5) is 4.79 Å². The van der Waals surface area contributed by atoms with Crippen molar-refractivity contribution >= 4 is 16.2 Å². The third-order valence-electron chi connectivity index (χ3n) is 3.74. The van der Waals surface area contributed by atoms with E-state index in [1.807, 2.05) is 30.3 Å². The van der Waals surface area contributed by atoms with E-state index in [1.54, 1.807) is 20.8 Å². The Kier molecular flexibility index (Phi) is 6.65. The molecule has 26 heavy (non-hydrogen) atoms. The van der Waals surface area contributed by atoms with Gasteiger partial charge in [-0.2, -0.15) is 8.42 Å². The zero-order chi connectivity index (χ0) is 19.4. The fourth-order valence-corrected chi connectivity index (χ4v) is 3.41. The van der Waals surface area contributed by atoms with Gasteiger partial charge in [-0.3, -0.25) is 4.18 Å². The first-order valence-electron chi connectivity index (χ1n) is 8.53. The van der Waals surface area contributed by atoms with Crippen molar-refractivity contribution in [3.05, 3.63) is 35.9 Å². The molecule has 1 heterocycles. The van der Waals surface area contributed by atoms with Gasteiger partial charge in [0.25, 0.3) is 10.1 Å². The smallest absolute Gasteiger partial charge is 0.410 e. The Morgan fingerprint density at radius 2 is 1.88 bits per heavy atom. The average molecular weight is 385 g/mol. The molecule has 0 aliphatic carbocycles. The third kappa shape index (κ3) is 6.93. The fraction of sp³-hybridized carbons (Fsp3) is 0.611. The summed E-state index contributed by atoms with van der Waals surface area (Å²) in [5.74, 6) is 0. The quantitative estimate of drug-likeness (QED) is 0.700. The maximum Gasteiger partial charge on any atom is 0.410 e. The summed E-state index contributed by atoms with van der Waals surface area (Å²) in [6.45, 7) is 6.20. The monoisotopic (exact) mass is 385 g/mol. The molecule has 0 saturated carbocycles. The number of hydrogen-bond donors (Lipinski definition) is 0. The molecule has 0 radical (unpaired) electrons. The summed E-state index contributed by atoms with van der Waals surface area (Å²) < 4.78 is 39.1. The molecule has 1 aliphatic rings. The summed E-state index contributed by atoms with van der Waals surface area (Å²) in [6, 6.07) is 9.39. The molecule has 2 atom stereocenters. The van der Waals surface area contributed by atoms with E-state index < -0.39 is 27.9 Å². The van der Waals surface area contributed by atoms with Crippen LogP contribution in [0.15, 0.2) is 30.3 Å². The van der Waals surface area contributed by atoms with Crippen molar-refractivity contribution < 1.29 is 26.9 Å². The first-order valence-corrected chi connectivity index (χ1v) is 10.3. The molecule has 2 rings (SSSR count). The van der Waals surface area contributed by atoms with Gasteiger partial charge in [-0.25, -0.2) is 4.79 Å². The maximum atomic E-state index is 12.5. The van der Waals surface area contributed by atoms with Gasteiger partial charge in [-0.05, 0) is 32.8 Å². The van der Waals surface area contributed by atoms with E-state index in [0.717, 1.165) is 11.8 Å². The third-order valence-corrected chi connectivity index (χ3v) is 4.36. The summed E-state index contributed by atoms with van der Waals surface area (Å²) in [7, 11) is -3.60. The van der Waals surface area contributed by atoms with Crippen molar-refractivity contribution in [1.29, 1.82) is 0 Å². The molecule has 1 aromatic rings. The van der Waals surface area contributed by atoms with Gasteiger partial charge in [0, 0.05) is 0 Å². The molecule has 1 unspecified atom stereocenters. The molecule has 1 amide bonds. The number of carbonyl (C=O) groups excluding carboxylic acids is 1. The van der Waals surface area contributed by atoms with Crippen LogP contribution in [0.3, 0.4) is 0 Å². The highest BCUT2D eigenvalue weighted by atomic mass is 32.2. The lowest BCUT2D eigenvalue weighted by Crippen LogP contribution is -2.42. The molecule has 146 valence electrons. The Balaban J connectivity index is 1.99. The second kappa shape index (κ2) is 8.37. The highest BCUT2D eigenvalue weighted by Crippen LogP contribution is 2.24. The lowest BCUT2D eigenvalue weighted by Gasteiger charge is -2.28. The highest BCUT2D eigenvalue weighted by Gasteiger charge is 2.39. The van der Waals surface area contributed by atoms with Crippen LogP contribution < -0.4 is 0 Å². The molecule has 1 aromatic carbocycles. The molecule has 0 aromatic heterocycles. The number of carbonyl (C=O) groups is 1. The fourth-order valence-electron chi connectivity index (χ4n) is 2.78. The largest absolute Gasteiger partial charge is 0.444 e. The number of benzene rings is 1. The van der Waals surface area contributed by atoms with Crippen LogP contribution in [0.1, 0.15) is 32.8 Å². The van der Waals surface area contributed by atoms with Crippen molar-refractivity contribution in [1.82, 2.24) is 4.90 Å². The lowest BCUT2D eigenvalue weighted by atomic mass is 10.2. The maximum absolute atomic E-state index is 12.5. The van der Waals surface area contributed by atoms with E-state index in [-0.39, 0.29) is 19.2 Å². The second-order valence-electron chi connectivity index (χ2n) is 7.45. The van der Waals surface area contributed by atoms with Gasteiger partial charge < -0.3 is 14.4 Å². The molecule has 1 saturated heterocycles. The molecule has 8 heteroatoms. The van der Waals surface area contributed by atoms with Crippen LogP contribution in [0.2, 0.25) is 0 Å². The van der Waals surface area contributed by atoms with E-state index in [4.69, 9.17) is 13.7 Å². The van der Waals surface area contributed by atoms with Crippen molar-refractivity contribution in [2.75, 3.05) is 19.4 Å². The zero-order valence-corrected chi connectivity index (χ0v) is 16.5. The molecule has 1 fully saturated rings. The number of likely N-dealkylation sites (tertiary alicyclic amines) is 1. The highest BCUT2D eigenvalue weighted by molar-refractivity contribution is 7.86. The van der Waals surface area contributed by atoms with Gasteiger partial charge in [-0.15, -0.1) is 0 Å². The number of amides is 1. The summed E-state index contributed by atoms with van der Waals surface area (Å²) in [5, 5.41) is 0. The van der Waals surface area contributed by atoms with Crippen LogP contribution in [0.5, 0.6) is 0 Å². The van der Waals surface area contributed by atoms with E-state index in [9.17, 15) is 13.2 Å². The summed E-state index contributed by atoms with van der Waals surface area (Å²) in [5.41, 5.74) is 0.390. The Labute approximate surface area is 155 Å². The summed E-state index contributed by atoms with van der Waals surface area (Å²) >= 11 is 0. The molecule has 7 nitrogen and oxygen atoms in total. The molecule has 0 spiro atoms. The van der Waals surface area contributed by atoms with Crippen molar-refractivity contribution in [2.24, 2.45) is 0 Å². The van der Waals surface area contributed by atoms with Crippen molar-refractivity contribution in [3.63, 3.8) is 0 Å². The topological polar surface area (TPSA) is 82.1 Å². The second-order valence-corrected chi connectivity index (χ2v) is 9.05. The van der Waals surface area contributed by atoms with E-state index in [0.29, 0.717) is 13.0 Å². The van der Waals surface area contributed by atoms with E-state index in [1.165, 1.54) is 4.90 Å². The molecular formula is C18H27NO6S. The Morgan fingerprint density at radius 1 is 1.23 bits per heavy atom. The molecular weight excluding hydrogens is 358 g/mol. The van der Waals surface area contributed by atoms with Gasteiger partial charge in [0.2, 0.25) is 0 Å². The lowest BCUT2D eigenvalue weighted by molar-refractivity contribution is 0.00831. The number of rotatable bonds is 6. The zero-order valence-electron chi connectivity index (χ0n) is 15.7. The van der Waals surface area contributed by atoms with Crippen LogP contribution in [-0.2, 0) is 30.4 Å².